The summed E-state index contributed by atoms with van der Waals surface area (Å²) in [6.45, 7) is 0. The van der Waals surface area contributed by atoms with Crippen molar-refractivity contribution in [3.63, 3.8) is 0 Å². The van der Waals surface area contributed by atoms with Crippen LogP contribution in [0.2, 0.25) is 0 Å². The van der Waals surface area contributed by atoms with Gasteiger partial charge in [0.15, 0.2) is 0 Å². The highest BCUT2D eigenvalue weighted by atomic mass is 16.5. The monoisotopic (exact) mass is 616 g/mol. The van der Waals surface area contributed by atoms with Crippen LogP contribution >= 0.6 is 0 Å². The van der Waals surface area contributed by atoms with Gasteiger partial charge < -0.3 is 29.2 Å². The highest BCUT2D eigenvalue weighted by molar-refractivity contribution is 5.69. The number of nitrogens with one attached hydrogen (secondary N) is 1. The van der Waals surface area contributed by atoms with E-state index in [0.717, 1.165) is 5.56 Å². The lowest BCUT2D eigenvalue weighted by molar-refractivity contribution is -0.140. The van der Waals surface area contributed by atoms with Gasteiger partial charge in [0.1, 0.15) is 29.9 Å². The smallest absolute Gasteiger partial charge is 0.330 e. The van der Waals surface area contributed by atoms with Gasteiger partial charge in [0, 0.05) is 24.6 Å². The lowest BCUT2D eigenvalue weighted by Gasteiger charge is -2.43. The Morgan fingerprint density at radius 2 is 1.49 bits per heavy atom. The second kappa shape index (κ2) is 13.5. The molecule has 2 heterocycles. The first kappa shape index (κ1) is 31.7. The number of hydrogen-bond donors (Lipinski definition) is 3. The second-order valence-electron chi connectivity index (χ2n) is 10.8. The van der Waals surface area contributed by atoms with Crippen LogP contribution in [0, 0.1) is 0 Å². The maximum atomic E-state index is 12.9. The van der Waals surface area contributed by atoms with Crippen LogP contribution in [0.15, 0.2) is 94.6 Å². The molecule has 1 aliphatic heterocycles. The van der Waals surface area contributed by atoms with Crippen molar-refractivity contribution >= 4 is 5.97 Å². The molecule has 45 heavy (non-hydrogen) atoms. The number of carbonyl (C=O) groups is 1. The molecule has 0 radical (unpaired) electrons. The number of aliphatic hydroxyl groups excluding tert-OH is 2. The quantitative estimate of drug-likeness (QED) is 0.171. The van der Waals surface area contributed by atoms with Gasteiger partial charge in [-0.1, -0.05) is 54.6 Å². The van der Waals surface area contributed by atoms with E-state index < -0.39 is 47.2 Å². The zero-order valence-electron chi connectivity index (χ0n) is 25.2. The summed E-state index contributed by atoms with van der Waals surface area (Å²) >= 11 is 0. The van der Waals surface area contributed by atoms with E-state index in [0.29, 0.717) is 22.6 Å². The number of H-pyrrole nitrogens is 1. The molecule has 11 nitrogen and oxygen atoms in total. The van der Waals surface area contributed by atoms with E-state index in [9.17, 15) is 24.6 Å². The van der Waals surface area contributed by atoms with E-state index >= 15 is 0 Å². The summed E-state index contributed by atoms with van der Waals surface area (Å²) in [5.41, 5.74) is -0.306. The molecule has 236 valence electrons. The minimum absolute atomic E-state index is 0.0374. The molecule has 11 heteroatoms. The van der Waals surface area contributed by atoms with Crippen molar-refractivity contribution in [1.29, 1.82) is 0 Å². The van der Waals surface area contributed by atoms with Crippen molar-refractivity contribution in [3.05, 3.63) is 128 Å². The zero-order chi connectivity index (χ0) is 32.1. The summed E-state index contributed by atoms with van der Waals surface area (Å²) in [6, 6.07) is 24.0. The van der Waals surface area contributed by atoms with E-state index in [-0.39, 0.29) is 24.8 Å². The Morgan fingerprint density at radius 1 is 0.933 bits per heavy atom. The van der Waals surface area contributed by atoms with Gasteiger partial charge in [0.05, 0.1) is 32.8 Å². The van der Waals surface area contributed by atoms with Crippen LogP contribution in [-0.4, -0.2) is 65.4 Å². The molecule has 1 saturated heterocycles. The van der Waals surface area contributed by atoms with Gasteiger partial charge in [-0.2, -0.15) is 0 Å². The van der Waals surface area contributed by atoms with Gasteiger partial charge in [0.2, 0.25) is 0 Å². The number of aromatic nitrogens is 2. The summed E-state index contributed by atoms with van der Waals surface area (Å²) in [6.07, 6.45) is -3.49. The van der Waals surface area contributed by atoms with Crippen molar-refractivity contribution in [3.8, 4) is 11.5 Å². The minimum atomic E-state index is -1.38. The van der Waals surface area contributed by atoms with Crippen molar-refractivity contribution in [1.82, 2.24) is 9.55 Å². The number of hydrogen-bond acceptors (Lipinski definition) is 9. The normalized spacial score (nSPS) is 18.7. The molecular formula is C34H36N2O9. The number of nitrogens with zero attached hydrogens (tertiary/aromatic N) is 1. The Hall–Kier alpha value is -4.71. The van der Waals surface area contributed by atoms with Gasteiger partial charge in [-0.05, 0) is 47.4 Å². The number of rotatable bonds is 11. The largest absolute Gasteiger partial charge is 0.497 e. The van der Waals surface area contributed by atoms with E-state index in [4.69, 9.17) is 14.2 Å². The maximum Gasteiger partial charge on any atom is 0.330 e. The molecule has 1 aliphatic rings. The van der Waals surface area contributed by atoms with Crippen molar-refractivity contribution in [2.45, 2.75) is 49.2 Å². The molecule has 3 N–H and O–H groups in total. The molecular weight excluding hydrogens is 580 g/mol. The Balaban J connectivity index is 1.61. The van der Waals surface area contributed by atoms with E-state index in [1.54, 1.807) is 38.5 Å². The molecule has 4 aromatic rings. The first-order valence-corrected chi connectivity index (χ1v) is 14.5. The third-order valence-electron chi connectivity index (χ3n) is 8.39. The molecule has 0 bridgehead atoms. The highest BCUT2D eigenvalue weighted by Gasteiger charge is 2.52. The van der Waals surface area contributed by atoms with Gasteiger partial charge in [-0.15, -0.1) is 0 Å². The molecule has 0 aliphatic carbocycles. The zero-order valence-corrected chi connectivity index (χ0v) is 25.2. The highest BCUT2D eigenvalue weighted by Crippen LogP contribution is 2.47. The molecule has 0 saturated carbocycles. The fourth-order valence-electron chi connectivity index (χ4n) is 6.06. The molecule has 5 rings (SSSR count). The lowest BCUT2D eigenvalue weighted by atomic mass is 9.64. The molecule has 0 spiro atoms. The predicted molar refractivity (Wildman–Crippen MR) is 165 cm³/mol. The lowest BCUT2D eigenvalue weighted by Crippen LogP contribution is -2.51. The summed E-state index contributed by atoms with van der Waals surface area (Å²) in [5.74, 6) is 0.752. The standard InChI is InChI=1S/C34H36N2O9/c1-42-25-14-10-23(11-15-25)34(22-7-5-4-6-8-22,24-12-16-26(43-2)17-13-24)31(39)30-27(37)19-28(45-30)36-20-21(9-18-29(38)44-3)32(40)35-33(36)41/h4-8,10-17,20,27-28,30-31,37,39H,9,18-19H2,1-3H3,(H,35,40,41)/t27-,28+,30-,31?/m0/s1. The van der Waals surface area contributed by atoms with Crippen LogP contribution in [0.25, 0.3) is 0 Å². The molecule has 0 amide bonds. The van der Waals surface area contributed by atoms with Gasteiger partial charge in [-0.3, -0.25) is 19.1 Å². The number of aliphatic hydroxyl groups is 2. The first-order chi connectivity index (χ1) is 21.7. The fourth-order valence-corrected chi connectivity index (χ4v) is 6.06. The number of methoxy groups -OCH3 is 3. The van der Waals surface area contributed by atoms with Crippen LogP contribution in [0.1, 0.15) is 41.3 Å². The number of benzene rings is 3. The number of aromatic amines is 1. The van der Waals surface area contributed by atoms with Crippen molar-refractivity contribution in [2.24, 2.45) is 0 Å². The average Bonchev–Trinajstić information content (AvgIpc) is 3.46. The fraction of sp³-hybridized carbons (Fsp3) is 0.324. The number of ether oxygens (including phenoxy) is 4. The third-order valence-corrected chi connectivity index (χ3v) is 8.39. The van der Waals surface area contributed by atoms with Crippen LogP contribution in [-0.2, 0) is 26.1 Å². The van der Waals surface area contributed by atoms with Crippen molar-refractivity contribution < 1.29 is 34.0 Å². The van der Waals surface area contributed by atoms with E-state index in [1.807, 2.05) is 54.6 Å². The predicted octanol–water partition coefficient (Wildman–Crippen LogP) is 2.70. The summed E-state index contributed by atoms with van der Waals surface area (Å²) in [4.78, 5) is 39.3. The SMILES string of the molecule is COC(=O)CCc1cn([C@H]2C[C@H](O)[C@@H](C(O)C(c3ccccc3)(c3ccc(OC)cc3)c3ccc(OC)cc3)O2)c(=O)[nH]c1=O. The summed E-state index contributed by atoms with van der Waals surface area (Å²) in [5, 5.41) is 23.9. The van der Waals surface area contributed by atoms with Crippen LogP contribution in [0.4, 0.5) is 0 Å². The topological polar surface area (TPSA) is 149 Å². The molecule has 1 unspecified atom stereocenters. The average molecular weight is 617 g/mol. The Kier molecular flexibility index (Phi) is 9.52. The molecule has 1 aromatic heterocycles. The summed E-state index contributed by atoms with van der Waals surface area (Å²) in [7, 11) is 4.39. The van der Waals surface area contributed by atoms with E-state index in [1.165, 1.54) is 17.9 Å². The molecule has 1 fully saturated rings. The molecule has 3 aromatic carbocycles. The van der Waals surface area contributed by atoms with Crippen molar-refractivity contribution in [2.75, 3.05) is 21.3 Å². The van der Waals surface area contributed by atoms with E-state index in [2.05, 4.69) is 9.72 Å². The number of aryl methyl sites for hydroxylation is 1. The third kappa shape index (κ3) is 6.15. The van der Waals surface area contributed by atoms with Crippen LogP contribution in [0.3, 0.4) is 0 Å². The number of esters is 1. The van der Waals surface area contributed by atoms with Crippen LogP contribution < -0.4 is 20.7 Å². The van der Waals surface area contributed by atoms with Gasteiger partial charge in [-0.25, -0.2) is 4.79 Å². The molecule has 4 atom stereocenters. The minimum Gasteiger partial charge on any atom is -0.497 e. The summed E-state index contributed by atoms with van der Waals surface area (Å²) < 4.78 is 23.0. The van der Waals surface area contributed by atoms with Gasteiger partial charge in [0.25, 0.3) is 5.56 Å². The number of carbonyl (C=O) groups excluding carboxylic acids is 1. The maximum absolute atomic E-state index is 12.9. The van der Waals surface area contributed by atoms with Crippen LogP contribution in [0.5, 0.6) is 11.5 Å². The second-order valence-corrected chi connectivity index (χ2v) is 10.8. The van der Waals surface area contributed by atoms with Gasteiger partial charge >= 0.3 is 11.7 Å². The Bertz CT molecular complexity index is 1670. The first-order valence-electron chi connectivity index (χ1n) is 14.5. The Morgan fingerprint density at radius 3 is 2.02 bits per heavy atom. The Labute approximate surface area is 259 Å².